The number of carbonyl (C=O) groups is 1. The fourth-order valence-corrected chi connectivity index (χ4v) is 22.8. The molecule has 1 heterocycles. The van der Waals surface area contributed by atoms with E-state index in [9.17, 15) is 4.79 Å². The van der Waals surface area contributed by atoms with Crippen molar-refractivity contribution in [3.05, 3.63) is 46.7 Å². The number of methoxy groups -OCH3 is 1. The topological polar surface area (TPSA) is 65.2 Å². The Morgan fingerprint density at radius 1 is 1.00 bits per heavy atom. The molecule has 0 spiro atoms. The van der Waals surface area contributed by atoms with Gasteiger partial charge in [-0.05, 0) is 0 Å². The first-order valence-electron chi connectivity index (χ1n) is 14.1. The molecule has 0 unspecified atom stereocenters. The average molecular weight is 636 g/mol. The molecule has 0 saturated carbocycles. The second-order valence-electron chi connectivity index (χ2n) is 10.2. The van der Waals surface area contributed by atoms with Crippen molar-refractivity contribution in [2.24, 2.45) is 0 Å². The molecular formula is C30H48N2O3SSn. The number of allylic oxidation sites excluding steroid dienone is 1. The number of benzene rings is 1. The number of unbranched alkanes of at least 4 members (excludes halogenated alkanes) is 4. The molecule has 5 nitrogen and oxygen atoms in total. The quantitative estimate of drug-likeness (QED) is 0.128. The van der Waals surface area contributed by atoms with Crippen molar-refractivity contribution >= 4 is 38.8 Å². The molecule has 37 heavy (non-hydrogen) atoms. The van der Waals surface area contributed by atoms with E-state index in [1.165, 1.54) is 69.2 Å². The standard InChI is InChI=1S/C18H21N2O3S.3C4H9.Sn/c1-12-10-14(11-15(17(12)22-3)18(21)24-4)8-6-5-7-9-16-20-19-13(2)23-16;3*1-3-4-2;/h6,10-11H,5,7,9H2,1-4H3;3*1,3-4H2,2H3;. The Morgan fingerprint density at radius 3 is 2.11 bits per heavy atom. The predicted molar refractivity (Wildman–Crippen MR) is 160 cm³/mol. The van der Waals surface area contributed by atoms with Gasteiger partial charge in [-0.1, -0.05) is 0 Å². The molecule has 2 rings (SSSR count). The van der Waals surface area contributed by atoms with E-state index in [0.717, 1.165) is 30.7 Å². The molecule has 0 fully saturated rings. The SMILES string of the molecule is CCC[CH2][Sn]([CH2]CCC)([CH2]CCC)/[C](=C/CCCc1nnc(C)o1)c1cc(C)c(OC)c(C(=O)SC)c1. The minimum absolute atomic E-state index is 0.0735. The molecule has 206 valence electrons. The van der Waals surface area contributed by atoms with Crippen LogP contribution in [0.2, 0.25) is 13.3 Å². The van der Waals surface area contributed by atoms with Crippen LogP contribution in [-0.4, -0.2) is 47.1 Å². The maximum absolute atomic E-state index is 13.0. The first-order valence-corrected chi connectivity index (χ1v) is 22.8. The molecule has 0 amide bonds. The summed E-state index contributed by atoms with van der Waals surface area (Å²) in [5, 5.41) is 8.24. The van der Waals surface area contributed by atoms with Crippen molar-refractivity contribution in [1.29, 1.82) is 0 Å². The van der Waals surface area contributed by atoms with Gasteiger partial charge in [0.25, 0.3) is 0 Å². The normalized spacial score (nSPS) is 12.2. The van der Waals surface area contributed by atoms with Crippen molar-refractivity contribution in [3.8, 4) is 5.75 Å². The summed E-state index contributed by atoms with van der Waals surface area (Å²) in [7, 11) is 1.67. The van der Waals surface area contributed by atoms with Gasteiger partial charge in [0.15, 0.2) is 0 Å². The van der Waals surface area contributed by atoms with Gasteiger partial charge in [-0.15, -0.1) is 0 Å². The average Bonchev–Trinajstić information content (AvgIpc) is 3.32. The second kappa shape index (κ2) is 16.6. The monoisotopic (exact) mass is 636 g/mol. The van der Waals surface area contributed by atoms with Crippen molar-refractivity contribution in [2.75, 3.05) is 13.4 Å². The molecule has 0 N–H and O–H groups in total. The van der Waals surface area contributed by atoms with Crippen LogP contribution in [0.5, 0.6) is 5.75 Å². The van der Waals surface area contributed by atoms with Gasteiger partial charge in [0, 0.05) is 0 Å². The van der Waals surface area contributed by atoms with Crippen molar-refractivity contribution in [1.82, 2.24) is 10.2 Å². The number of ether oxygens (including phenoxy) is 1. The zero-order valence-corrected chi connectivity index (χ0v) is 27.9. The van der Waals surface area contributed by atoms with Crippen LogP contribution in [0, 0.1) is 13.8 Å². The molecule has 0 saturated heterocycles. The summed E-state index contributed by atoms with van der Waals surface area (Å²) in [6.07, 6.45) is 14.8. The molecule has 0 bridgehead atoms. The zero-order chi connectivity index (χ0) is 27.3. The molecule has 0 aliphatic rings. The number of thioether (sulfide) groups is 1. The van der Waals surface area contributed by atoms with Crippen LogP contribution in [0.3, 0.4) is 0 Å². The molecule has 0 aliphatic carbocycles. The predicted octanol–water partition coefficient (Wildman–Crippen LogP) is 8.99. The Kier molecular flexibility index (Phi) is 14.4. The molecule has 1 aromatic carbocycles. The third-order valence-corrected chi connectivity index (χ3v) is 23.8. The molecule has 0 aliphatic heterocycles. The number of aryl methyl sites for hydroxylation is 3. The van der Waals surface area contributed by atoms with E-state index in [1.807, 2.05) is 13.2 Å². The van der Waals surface area contributed by atoms with Gasteiger partial charge in [-0.3, -0.25) is 0 Å². The Labute approximate surface area is 233 Å². The number of hydrogen-bond donors (Lipinski definition) is 0. The molecule has 1 aromatic heterocycles. The number of hydrogen-bond acceptors (Lipinski definition) is 6. The molecule has 2 aromatic rings. The van der Waals surface area contributed by atoms with E-state index in [2.05, 4.69) is 56.1 Å². The Balaban J connectivity index is 2.62. The van der Waals surface area contributed by atoms with E-state index < -0.39 is 18.4 Å². The first kappa shape index (κ1) is 31.9. The van der Waals surface area contributed by atoms with Gasteiger partial charge >= 0.3 is 235 Å². The molecule has 7 heteroatoms. The van der Waals surface area contributed by atoms with Crippen LogP contribution >= 0.6 is 11.8 Å². The van der Waals surface area contributed by atoms with Crippen LogP contribution in [0.25, 0.3) is 3.59 Å². The summed E-state index contributed by atoms with van der Waals surface area (Å²) in [5.41, 5.74) is 3.02. The number of rotatable bonds is 17. The van der Waals surface area contributed by atoms with E-state index in [4.69, 9.17) is 9.15 Å². The minimum atomic E-state index is -2.81. The van der Waals surface area contributed by atoms with Crippen molar-refractivity contribution in [2.45, 2.75) is 106 Å². The molecule has 0 radical (unpaired) electrons. The third-order valence-electron chi connectivity index (χ3n) is 7.30. The van der Waals surface area contributed by atoms with Crippen LogP contribution < -0.4 is 4.74 Å². The Hall–Kier alpha value is -1.28. The summed E-state index contributed by atoms with van der Waals surface area (Å²) < 4.78 is 17.1. The van der Waals surface area contributed by atoms with Crippen LogP contribution in [-0.2, 0) is 6.42 Å². The zero-order valence-electron chi connectivity index (χ0n) is 24.2. The van der Waals surface area contributed by atoms with Crippen LogP contribution in [0.1, 0.15) is 105 Å². The first-order chi connectivity index (χ1) is 17.8. The summed E-state index contributed by atoms with van der Waals surface area (Å²) in [4.78, 5) is 13.0. The number of carbonyl (C=O) groups excluding carboxylic acids is 1. The fraction of sp³-hybridized carbons (Fsp3) is 0.633. The summed E-state index contributed by atoms with van der Waals surface area (Å²) in [5.74, 6) is 2.06. The Morgan fingerprint density at radius 2 is 1.62 bits per heavy atom. The Bertz CT molecular complexity index is 996. The van der Waals surface area contributed by atoms with Gasteiger partial charge in [-0.25, -0.2) is 0 Å². The third kappa shape index (κ3) is 9.15. The van der Waals surface area contributed by atoms with Crippen molar-refractivity contribution < 1.29 is 13.9 Å². The van der Waals surface area contributed by atoms with Gasteiger partial charge in [0.05, 0.1) is 0 Å². The van der Waals surface area contributed by atoms with Gasteiger partial charge in [0.2, 0.25) is 0 Å². The van der Waals surface area contributed by atoms with Gasteiger partial charge in [-0.2, -0.15) is 0 Å². The molecular weight excluding hydrogens is 587 g/mol. The van der Waals surface area contributed by atoms with E-state index in [1.54, 1.807) is 10.7 Å². The second-order valence-corrected chi connectivity index (χ2v) is 24.1. The number of aromatic nitrogens is 2. The number of nitrogens with zero attached hydrogens (tertiary/aromatic N) is 2. The van der Waals surface area contributed by atoms with Crippen LogP contribution in [0.4, 0.5) is 0 Å². The van der Waals surface area contributed by atoms with Gasteiger partial charge in [0.1, 0.15) is 0 Å². The summed E-state index contributed by atoms with van der Waals surface area (Å²) in [6.45, 7) is 10.9. The van der Waals surface area contributed by atoms with E-state index in [0.29, 0.717) is 17.2 Å². The van der Waals surface area contributed by atoms with Crippen LogP contribution in [0.15, 0.2) is 22.6 Å². The van der Waals surface area contributed by atoms with Gasteiger partial charge < -0.3 is 0 Å². The molecule has 0 atom stereocenters. The summed E-state index contributed by atoms with van der Waals surface area (Å²) in [6, 6.07) is 4.44. The van der Waals surface area contributed by atoms with E-state index >= 15 is 0 Å². The maximum atomic E-state index is 13.0. The van der Waals surface area contributed by atoms with E-state index in [-0.39, 0.29) is 5.12 Å². The van der Waals surface area contributed by atoms with Crippen molar-refractivity contribution in [3.63, 3.8) is 0 Å². The summed E-state index contributed by atoms with van der Waals surface area (Å²) >= 11 is -1.54. The fourth-order valence-electron chi connectivity index (χ4n) is 5.37.